The van der Waals surface area contributed by atoms with E-state index in [2.05, 4.69) is 10.6 Å². The van der Waals surface area contributed by atoms with E-state index < -0.39 is 17.8 Å². The first kappa shape index (κ1) is 22.6. The lowest BCUT2D eigenvalue weighted by Crippen LogP contribution is -2.58. The van der Waals surface area contributed by atoms with Gasteiger partial charge in [-0.15, -0.1) is 12.4 Å². The molecule has 0 spiro atoms. The summed E-state index contributed by atoms with van der Waals surface area (Å²) in [5, 5.41) is 5.91. The number of halogens is 2. The molecule has 3 rings (SSSR count). The van der Waals surface area contributed by atoms with Crippen molar-refractivity contribution < 1.29 is 14.0 Å². The zero-order chi connectivity index (χ0) is 19.6. The molecule has 156 valence electrons. The van der Waals surface area contributed by atoms with Gasteiger partial charge in [-0.3, -0.25) is 9.59 Å². The Morgan fingerprint density at radius 2 is 1.75 bits per heavy atom. The third kappa shape index (κ3) is 5.03. The SMILES string of the molecule is CC(C)C(NC(=O)c1ccccc1F)C(=O)NC1C2CCCC1CC(N)C2.Cl. The highest BCUT2D eigenvalue weighted by atomic mass is 35.5. The first-order chi connectivity index (χ1) is 12.9. The van der Waals surface area contributed by atoms with Crippen LogP contribution in [0.25, 0.3) is 0 Å². The summed E-state index contributed by atoms with van der Waals surface area (Å²) in [7, 11) is 0. The fraction of sp³-hybridized carbons (Fsp3) is 0.619. The summed E-state index contributed by atoms with van der Waals surface area (Å²) in [5.74, 6) is -0.627. The van der Waals surface area contributed by atoms with E-state index in [1.807, 2.05) is 13.8 Å². The number of carbonyl (C=O) groups is 2. The second-order valence-electron chi connectivity index (χ2n) is 8.39. The van der Waals surface area contributed by atoms with Crippen LogP contribution in [-0.2, 0) is 4.79 Å². The zero-order valence-electron chi connectivity index (χ0n) is 16.5. The van der Waals surface area contributed by atoms with Crippen molar-refractivity contribution in [2.75, 3.05) is 0 Å². The third-order valence-corrected chi connectivity index (χ3v) is 6.04. The topological polar surface area (TPSA) is 84.2 Å². The number of benzene rings is 1. The Morgan fingerprint density at radius 1 is 1.14 bits per heavy atom. The predicted molar refractivity (Wildman–Crippen MR) is 110 cm³/mol. The quantitative estimate of drug-likeness (QED) is 0.696. The van der Waals surface area contributed by atoms with E-state index in [-0.39, 0.29) is 41.9 Å². The van der Waals surface area contributed by atoms with Crippen LogP contribution < -0.4 is 16.4 Å². The van der Waals surface area contributed by atoms with Crippen LogP contribution in [-0.4, -0.2) is 29.9 Å². The molecule has 28 heavy (non-hydrogen) atoms. The summed E-state index contributed by atoms with van der Waals surface area (Å²) in [5.41, 5.74) is 6.12. The maximum absolute atomic E-state index is 13.9. The third-order valence-electron chi connectivity index (χ3n) is 6.04. The number of carbonyl (C=O) groups excluding carboxylic acids is 2. The summed E-state index contributed by atoms with van der Waals surface area (Å²) < 4.78 is 13.9. The lowest BCUT2D eigenvalue weighted by Gasteiger charge is -2.45. The minimum absolute atomic E-state index is 0. The summed E-state index contributed by atoms with van der Waals surface area (Å²) >= 11 is 0. The fourth-order valence-corrected chi connectivity index (χ4v) is 4.68. The average molecular weight is 412 g/mol. The highest BCUT2D eigenvalue weighted by molar-refractivity contribution is 5.97. The van der Waals surface area contributed by atoms with E-state index in [9.17, 15) is 14.0 Å². The number of rotatable bonds is 5. The Balaban J connectivity index is 0.00000280. The molecule has 1 aromatic rings. The van der Waals surface area contributed by atoms with Gasteiger partial charge in [0, 0.05) is 12.1 Å². The van der Waals surface area contributed by atoms with Crippen LogP contribution in [0.1, 0.15) is 56.3 Å². The smallest absolute Gasteiger partial charge is 0.254 e. The normalized spacial score (nSPS) is 27.5. The van der Waals surface area contributed by atoms with Crippen molar-refractivity contribution in [3.8, 4) is 0 Å². The van der Waals surface area contributed by atoms with E-state index in [0.29, 0.717) is 11.8 Å². The van der Waals surface area contributed by atoms with Gasteiger partial charge in [-0.2, -0.15) is 0 Å². The highest BCUT2D eigenvalue weighted by Crippen LogP contribution is 2.39. The van der Waals surface area contributed by atoms with Crippen LogP contribution in [0.5, 0.6) is 0 Å². The van der Waals surface area contributed by atoms with E-state index in [1.54, 1.807) is 6.07 Å². The van der Waals surface area contributed by atoms with Crippen LogP contribution in [0.2, 0.25) is 0 Å². The fourth-order valence-electron chi connectivity index (χ4n) is 4.68. The minimum atomic E-state index is -0.701. The Bertz CT molecular complexity index is 686. The van der Waals surface area contributed by atoms with Crippen molar-refractivity contribution in [3.05, 3.63) is 35.6 Å². The second-order valence-corrected chi connectivity index (χ2v) is 8.39. The van der Waals surface area contributed by atoms with Gasteiger partial charge in [-0.1, -0.05) is 32.4 Å². The van der Waals surface area contributed by atoms with Gasteiger partial charge in [-0.25, -0.2) is 4.39 Å². The van der Waals surface area contributed by atoms with Gasteiger partial charge in [-0.05, 0) is 55.6 Å². The maximum Gasteiger partial charge on any atom is 0.254 e. The van der Waals surface area contributed by atoms with Crippen LogP contribution in [0.15, 0.2) is 24.3 Å². The molecule has 2 aliphatic carbocycles. The minimum Gasteiger partial charge on any atom is -0.351 e. The molecular weight excluding hydrogens is 381 g/mol. The zero-order valence-corrected chi connectivity index (χ0v) is 17.3. The molecule has 2 saturated carbocycles. The number of hydrogen-bond acceptors (Lipinski definition) is 3. The Labute approximate surface area is 172 Å². The maximum atomic E-state index is 13.9. The Morgan fingerprint density at radius 3 is 2.32 bits per heavy atom. The largest absolute Gasteiger partial charge is 0.351 e. The number of fused-ring (bicyclic) bond motifs is 2. The molecule has 4 N–H and O–H groups in total. The average Bonchev–Trinajstić information content (AvgIpc) is 2.60. The van der Waals surface area contributed by atoms with Crippen molar-refractivity contribution >= 4 is 24.2 Å². The highest BCUT2D eigenvalue weighted by Gasteiger charge is 2.41. The molecule has 2 amide bonds. The van der Waals surface area contributed by atoms with Gasteiger partial charge in [0.15, 0.2) is 0 Å². The van der Waals surface area contributed by atoms with E-state index in [1.165, 1.54) is 24.6 Å². The standard InChI is InChI=1S/C21H30FN3O2.ClH/c1-12(2)18(24-20(26)16-8-3-4-9-17(16)22)21(27)25-19-13-6-5-7-14(19)11-15(23)10-13;/h3-4,8-9,12-15,18-19H,5-7,10-11,23H2,1-2H3,(H,24,26)(H,25,27);1H. The lowest BCUT2D eigenvalue weighted by molar-refractivity contribution is -0.126. The molecule has 0 aliphatic heterocycles. The van der Waals surface area contributed by atoms with Crippen LogP contribution in [0, 0.1) is 23.6 Å². The van der Waals surface area contributed by atoms with E-state index in [0.717, 1.165) is 25.7 Å². The van der Waals surface area contributed by atoms with E-state index >= 15 is 0 Å². The van der Waals surface area contributed by atoms with Gasteiger partial charge >= 0.3 is 0 Å². The van der Waals surface area contributed by atoms with Crippen molar-refractivity contribution in [2.45, 2.75) is 64.1 Å². The lowest BCUT2D eigenvalue weighted by atomic mass is 9.67. The molecule has 3 unspecified atom stereocenters. The molecular formula is C21H31ClFN3O2. The van der Waals surface area contributed by atoms with Gasteiger partial charge in [0.25, 0.3) is 5.91 Å². The molecule has 2 fully saturated rings. The summed E-state index contributed by atoms with van der Waals surface area (Å²) in [4.78, 5) is 25.4. The first-order valence-electron chi connectivity index (χ1n) is 9.98. The first-order valence-corrected chi connectivity index (χ1v) is 9.98. The van der Waals surface area contributed by atoms with Crippen LogP contribution in [0.3, 0.4) is 0 Å². The van der Waals surface area contributed by atoms with Crippen molar-refractivity contribution in [1.29, 1.82) is 0 Å². The van der Waals surface area contributed by atoms with Crippen molar-refractivity contribution in [2.24, 2.45) is 23.5 Å². The van der Waals surface area contributed by atoms with Crippen LogP contribution in [0.4, 0.5) is 4.39 Å². The van der Waals surface area contributed by atoms with Gasteiger partial charge in [0.2, 0.25) is 5.91 Å². The molecule has 2 bridgehead atoms. The van der Waals surface area contributed by atoms with Crippen molar-refractivity contribution in [1.82, 2.24) is 10.6 Å². The summed E-state index contributed by atoms with van der Waals surface area (Å²) in [6, 6.07) is 5.44. The van der Waals surface area contributed by atoms with Gasteiger partial charge < -0.3 is 16.4 Å². The van der Waals surface area contributed by atoms with Gasteiger partial charge in [0.05, 0.1) is 5.56 Å². The van der Waals surface area contributed by atoms with Gasteiger partial charge in [0.1, 0.15) is 11.9 Å². The second kappa shape index (κ2) is 9.70. The number of amides is 2. The van der Waals surface area contributed by atoms with Crippen LogP contribution >= 0.6 is 12.4 Å². The van der Waals surface area contributed by atoms with Crippen molar-refractivity contribution in [3.63, 3.8) is 0 Å². The molecule has 1 aromatic carbocycles. The molecule has 2 aliphatic rings. The monoisotopic (exact) mass is 411 g/mol. The Hall–Kier alpha value is -1.66. The molecule has 3 atom stereocenters. The summed E-state index contributed by atoms with van der Waals surface area (Å²) in [6.45, 7) is 3.76. The molecule has 0 saturated heterocycles. The summed E-state index contributed by atoms with van der Waals surface area (Å²) in [6.07, 6.45) is 5.24. The molecule has 0 heterocycles. The predicted octanol–water partition coefficient (Wildman–Crippen LogP) is 3.02. The van der Waals surface area contributed by atoms with E-state index in [4.69, 9.17) is 5.73 Å². The number of nitrogens with two attached hydrogens (primary N) is 1. The molecule has 7 heteroatoms. The Kier molecular flexibility index (Phi) is 7.84. The number of nitrogens with one attached hydrogen (secondary N) is 2. The molecule has 0 radical (unpaired) electrons. The molecule has 0 aromatic heterocycles. The molecule has 5 nitrogen and oxygen atoms in total. The number of hydrogen-bond donors (Lipinski definition) is 3.